The molecule has 0 radical (unpaired) electrons. The highest BCUT2D eigenvalue weighted by atomic mass is 35.5. The maximum Gasteiger partial charge on any atom is 0.310 e. The molecule has 4 nitrogen and oxygen atoms in total. The van der Waals surface area contributed by atoms with E-state index in [1.54, 1.807) is 18.3 Å². The zero-order valence-electron chi connectivity index (χ0n) is 13.1. The predicted molar refractivity (Wildman–Crippen MR) is 90.9 cm³/mol. The molecule has 1 aliphatic heterocycles. The third-order valence-corrected chi connectivity index (χ3v) is 5.07. The van der Waals surface area contributed by atoms with Crippen LogP contribution in [0.1, 0.15) is 18.4 Å². The zero-order chi connectivity index (χ0) is 17.2. The number of carboxylic acids is 1. The minimum absolute atomic E-state index is 0.286. The standard InChI is InChI=1S/C18H18ClFN2O2/c19-14-5-2-1-4-13(14)12-18(17(23)24)7-10-22(11-8-18)16-15(20)6-3-9-21-16/h1-6,9H,7-8,10-12H2,(H,23,24). The molecule has 1 aromatic heterocycles. The van der Waals surface area contributed by atoms with Gasteiger partial charge in [-0.3, -0.25) is 4.79 Å². The fraction of sp³-hybridized carbons (Fsp3) is 0.333. The zero-order valence-corrected chi connectivity index (χ0v) is 13.8. The van der Waals surface area contributed by atoms with Crippen LogP contribution in [0.25, 0.3) is 0 Å². The van der Waals surface area contributed by atoms with Crippen molar-refractivity contribution in [2.75, 3.05) is 18.0 Å². The lowest BCUT2D eigenvalue weighted by Gasteiger charge is -2.39. The highest BCUT2D eigenvalue weighted by molar-refractivity contribution is 6.31. The molecule has 3 rings (SSSR count). The summed E-state index contributed by atoms with van der Waals surface area (Å²) in [4.78, 5) is 17.8. The number of benzene rings is 1. The van der Waals surface area contributed by atoms with Crippen molar-refractivity contribution in [3.63, 3.8) is 0 Å². The van der Waals surface area contributed by atoms with Gasteiger partial charge < -0.3 is 10.0 Å². The fourth-order valence-electron chi connectivity index (χ4n) is 3.23. The number of nitrogens with zero attached hydrogens (tertiary/aromatic N) is 2. The summed E-state index contributed by atoms with van der Waals surface area (Å²) in [5, 5.41) is 10.4. The van der Waals surface area contributed by atoms with Crippen LogP contribution < -0.4 is 4.90 Å². The van der Waals surface area contributed by atoms with Crippen LogP contribution in [0.2, 0.25) is 5.02 Å². The average molecular weight is 349 g/mol. The first-order valence-electron chi connectivity index (χ1n) is 7.84. The molecule has 0 spiro atoms. The van der Waals surface area contributed by atoms with Crippen LogP contribution in [0, 0.1) is 11.2 Å². The first kappa shape index (κ1) is 16.7. The quantitative estimate of drug-likeness (QED) is 0.913. The van der Waals surface area contributed by atoms with E-state index in [1.165, 1.54) is 6.07 Å². The van der Waals surface area contributed by atoms with Gasteiger partial charge in [-0.15, -0.1) is 0 Å². The lowest BCUT2D eigenvalue weighted by molar-refractivity contribution is -0.150. The molecular weight excluding hydrogens is 331 g/mol. The largest absolute Gasteiger partial charge is 0.481 e. The number of anilines is 1. The van der Waals surface area contributed by atoms with Crippen molar-refractivity contribution in [3.8, 4) is 0 Å². The second-order valence-electron chi connectivity index (χ2n) is 6.15. The van der Waals surface area contributed by atoms with E-state index in [2.05, 4.69) is 4.98 Å². The maximum absolute atomic E-state index is 13.9. The molecule has 1 N–H and O–H groups in total. The van der Waals surface area contributed by atoms with Crippen LogP contribution in [0.5, 0.6) is 0 Å². The van der Waals surface area contributed by atoms with Gasteiger partial charge in [-0.2, -0.15) is 0 Å². The molecule has 0 unspecified atom stereocenters. The molecule has 2 aromatic rings. The Morgan fingerprint density at radius 2 is 1.96 bits per heavy atom. The van der Waals surface area contributed by atoms with Crippen LogP contribution in [0.15, 0.2) is 42.6 Å². The van der Waals surface area contributed by atoms with E-state index in [0.29, 0.717) is 37.4 Å². The van der Waals surface area contributed by atoms with E-state index >= 15 is 0 Å². The molecule has 0 aliphatic carbocycles. The molecule has 126 valence electrons. The molecule has 24 heavy (non-hydrogen) atoms. The van der Waals surface area contributed by atoms with Crippen LogP contribution in [-0.4, -0.2) is 29.1 Å². The Kier molecular flexibility index (Phi) is 4.71. The fourth-order valence-corrected chi connectivity index (χ4v) is 3.43. The topological polar surface area (TPSA) is 53.4 Å². The van der Waals surface area contributed by atoms with Gasteiger partial charge in [0, 0.05) is 24.3 Å². The van der Waals surface area contributed by atoms with Gasteiger partial charge in [-0.25, -0.2) is 9.37 Å². The van der Waals surface area contributed by atoms with Crippen LogP contribution in [0.3, 0.4) is 0 Å². The van der Waals surface area contributed by atoms with Crippen molar-refractivity contribution in [3.05, 3.63) is 59.0 Å². The SMILES string of the molecule is O=C(O)C1(Cc2ccccc2Cl)CCN(c2ncccc2F)CC1. The van der Waals surface area contributed by atoms with Gasteiger partial charge >= 0.3 is 5.97 Å². The van der Waals surface area contributed by atoms with Gasteiger partial charge in [-0.1, -0.05) is 29.8 Å². The number of piperidine rings is 1. The molecule has 0 bridgehead atoms. The van der Waals surface area contributed by atoms with Gasteiger partial charge in [0.15, 0.2) is 11.6 Å². The first-order chi connectivity index (χ1) is 11.5. The van der Waals surface area contributed by atoms with Crippen LogP contribution in [0.4, 0.5) is 10.2 Å². The van der Waals surface area contributed by atoms with Gasteiger partial charge in [0.2, 0.25) is 0 Å². The van der Waals surface area contributed by atoms with Crippen molar-refractivity contribution < 1.29 is 14.3 Å². The molecule has 1 aliphatic rings. The summed E-state index contributed by atoms with van der Waals surface area (Å²) in [5.74, 6) is -0.927. The van der Waals surface area contributed by atoms with Crippen molar-refractivity contribution >= 4 is 23.4 Å². The number of aromatic nitrogens is 1. The Morgan fingerprint density at radius 1 is 1.25 bits per heavy atom. The average Bonchev–Trinajstić information content (AvgIpc) is 2.58. The second kappa shape index (κ2) is 6.77. The van der Waals surface area contributed by atoms with Gasteiger partial charge in [0.05, 0.1) is 5.41 Å². The Bertz CT molecular complexity index is 745. The summed E-state index contributed by atoms with van der Waals surface area (Å²) in [5.41, 5.74) is -0.0498. The summed E-state index contributed by atoms with van der Waals surface area (Å²) in [6.07, 6.45) is 2.76. The Hall–Kier alpha value is -2.14. The van der Waals surface area contributed by atoms with E-state index in [1.807, 2.05) is 23.1 Å². The number of hydrogen-bond acceptors (Lipinski definition) is 3. The number of pyridine rings is 1. The smallest absolute Gasteiger partial charge is 0.310 e. The number of rotatable bonds is 4. The second-order valence-corrected chi connectivity index (χ2v) is 6.56. The highest BCUT2D eigenvalue weighted by Crippen LogP contribution is 2.38. The van der Waals surface area contributed by atoms with Crippen molar-refractivity contribution in [1.82, 2.24) is 4.98 Å². The lowest BCUT2D eigenvalue weighted by atomic mass is 9.74. The van der Waals surface area contributed by atoms with E-state index in [0.717, 1.165) is 5.56 Å². The van der Waals surface area contributed by atoms with Crippen LogP contribution in [-0.2, 0) is 11.2 Å². The summed E-state index contributed by atoms with van der Waals surface area (Å²) < 4.78 is 13.9. The van der Waals surface area contributed by atoms with Crippen molar-refractivity contribution in [2.24, 2.45) is 5.41 Å². The van der Waals surface area contributed by atoms with Gasteiger partial charge in [0.25, 0.3) is 0 Å². The van der Waals surface area contributed by atoms with E-state index in [-0.39, 0.29) is 11.6 Å². The predicted octanol–water partition coefficient (Wildman–Crippen LogP) is 3.79. The normalized spacial score (nSPS) is 16.8. The number of halogens is 2. The number of aliphatic carboxylic acids is 1. The molecule has 1 fully saturated rings. The summed E-state index contributed by atoms with van der Waals surface area (Å²) >= 11 is 6.19. The molecular formula is C18H18ClFN2O2. The van der Waals surface area contributed by atoms with Gasteiger partial charge in [-0.05, 0) is 43.0 Å². The molecule has 0 amide bonds. The number of carboxylic acid groups (broad SMARTS) is 1. The lowest BCUT2D eigenvalue weighted by Crippen LogP contribution is -2.46. The molecule has 6 heteroatoms. The molecule has 0 atom stereocenters. The van der Waals surface area contributed by atoms with E-state index in [9.17, 15) is 14.3 Å². The Labute approximate surface area is 144 Å². The molecule has 1 saturated heterocycles. The van der Waals surface area contributed by atoms with Gasteiger partial charge in [0.1, 0.15) is 0 Å². The molecule has 0 saturated carbocycles. The molecule has 1 aromatic carbocycles. The number of hydrogen-bond donors (Lipinski definition) is 1. The summed E-state index contributed by atoms with van der Waals surface area (Å²) in [6.45, 7) is 0.898. The van der Waals surface area contributed by atoms with Crippen LogP contribution >= 0.6 is 11.6 Å². The van der Waals surface area contributed by atoms with Crippen molar-refractivity contribution in [1.29, 1.82) is 0 Å². The van der Waals surface area contributed by atoms with E-state index < -0.39 is 11.4 Å². The Balaban J connectivity index is 1.79. The minimum atomic E-state index is -0.882. The van der Waals surface area contributed by atoms with Crippen molar-refractivity contribution in [2.45, 2.75) is 19.3 Å². The summed E-state index contributed by atoms with van der Waals surface area (Å²) in [7, 11) is 0. The first-order valence-corrected chi connectivity index (χ1v) is 8.22. The monoisotopic (exact) mass is 348 g/mol. The third kappa shape index (κ3) is 3.22. The van der Waals surface area contributed by atoms with E-state index in [4.69, 9.17) is 11.6 Å². The highest BCUT2D eigenvalue weighted by Gasteiger charge is 2.42. The summed E-state index contributed by atoms with van der Waals surface area (Å²) in [6, 6.07) is 10.2. The maximum atomic E-state index is 13.9. The Morgan fingerprint density at radius 3 is 2.58 bits per heavy atom. The number of carbonyl (C=O) groups is 1. The minimum Gasteiger partial charge on any atom is -0.481 e. The third-order valence-electron chi connectivity index (χ3n) is 4.70. The molecule has 2 heterocycles.